The average molecular weight is 173 g/mol. The minimum absolute atomic E-state index is 0.631. The van der Waals surface area contributed by atoms with E-state index in [1.165, 1.54) is 12.8 Å². The normalized spacial score (nSPS) is 13.2. The van der Waals surface area contributed by atoms with Crippen LogP contribution in [0.1, 0.15) is 19.8 Å². The SMILES string of the molecule is CCCC(CNCCNC)NC. The summed E-state index contributed by atoms with van der Waals surface area (Å²) >= 11 is 0. The van der Waals surface area contributed by atoms with Crippen LogP contribution in [-0.4, -0.2) is 39.8 Å². The van der Waals surface area contributed by atoms with Crippen molar-refractivity contribution in [3.05, 3.63) is 0 Å². The number of likely N-dealkylation sites (N-methyl/N-ethyl adjacent to an activating group) is 2. The van der Waals surface area contributed by atoms with Crippen molar-refractivity contribution in [3.63, 3.8) is 0 Å². The van der Waals surface area contributed by atoms with E-state index >= 15 is 0 Å². The molecule has 3 N–H and O–H groups in total. The molecule has 74 valence electrons. The quantitative estimate of drug-likeness (QED) is 0.458. The van der Waals surface area contributed by atoms with Crippen molar-refractivity contribution in [2.24, 2.45) is 0 Å². The Balaban J connectivity index is 3.19. The lowest BCUT2D eigenvalue weighted by atomic mass is 10.2. The fraction of sp³-hybridized carbons (Fsp3) is 1.00. The van der Waals surface area contributed by atoms with Gasteiger partial charge in [0.05, 0.1) is 0 Å². The van der Waals surface area contributed by atoms with Gasteiger partial charge in [0.15, 0.2) is 0 Å². The molecule has 0 aromatic heterocycles. The zero-order valence-electron chi connectivity index (χ0n) is 8.61. The largest absolute Gasteiger partial charge is 0.318 e. The molecule has 0 aliphatic rings. The molecule has 1 atom stereocenters. The molecule has 0 aliphatic heterocycles. The Hall–Kier alpha value is -0.120. The summed E-state index contributed by atoms with van der Waals surface area (Å²) in [5, 5.41) is 9.80. The Morgan fingerprint density at radius 1 is 1.17 bits per heavy atom. The zero-order chi connectivity index (χ0) is 9.23. The minimum Gasteiger partial charge on any atom is -0.318 e. The van der Waals surface area contributed by atoms with Gasteiger partial charge >= 0.3 is 0 Å². The molecule has 1 unspecified atom stereocenters. The maximum atomic E-state index is 3.40. The van der Waals surface area contributed by atoms with E-state index in [-0.39, 0.29) is 0 Å². The molecule has 0 bridgehead atoms. The number of rotatable bonds is 8. The maximum Gasteiger partial charge on any atom is 0.0189 e. The average Bonchev–Trinajstić information content (AvgIpc) is 2.10. The predicted molar refractivity (Wildman–Crippen MR) is 54.6 cm³/mol. The molecule has 3 nitrogen and oxygen atoms in total. The van der Waals surface area contributed by atoms with Gasteiger partial charge in [0.1, 0.15) is 0 Å². The minimum atomic E-state index is 0.631. The van der Waals surface area contributed by atoms with Gasteiger partial charge in [-0.05, 0) is 20.5 Å². The third-order valence-electron chi connectivity index (χ3n) is 1.99. The third kappa shape index (κ3) is 6.58. The molecule has 0 rings (SSSR count). The second-order valence-electron chi connectivity index (χ2n) is 3.08. The van der Waals surface area contributed by atoms with E-state index in [1.807, 2.05) is 14.1 Å². The fourth-order valence-corrected chi connectivity index (χ4v) is 1.19. The molecule has 0 spiro atoms. The van der Waals surface area contributed by atoms with E-state index in [2.05, 4.69) is 22.9 Å². The predicted octanol–water partition coefficient (Wildman–Crippen LogP) is 0.184. The van der Waals surface area contributed by atoms with Gasteiger partial charge < -0.3 is 16.0 Å². The van der Waals surface area contributed by atoms with Gasteiger partial charge in [0, 0.05) is 25.7 Å². The lowest BCUT2D eigenvalue weighted by Gasteiger charge is -2.15. The van der Waals surface area contributed by atoms with Gasteiger partial charge in [0.2, 0.25) is 0 Å². The van der Waals surface area contributed by atoms with Crippen molar-refractivity contribution in [1.29, 1.82) is 0 Å². The second-order valence-corrected chi connectivity index (χ2v) is 3.08. The Kier molecular flexibility index (Phi) is 8.88. The topological polar surface area (TPSA) is 36.1 Å². The van der Waals surface area contributed by atoms with Crippen LogP contribution in [0.3, 0.4) is 0 Å². The van der Waals surface area contributed by atoms with Crippen LogP contribution in [0.2, 0.25) is 0 Å². The summed E-state index contributed by atoms with van der Waals surface area (Å²) in [4.78, 5) is 0. The van der Waals surface area contributed by atoms with Crippen LogP contribution in [0, 0.1) is 0 Å². The monoisotopic (exact) mass is 173 g/mol. The van der Waals surface area contributed by atoms with Gasteiger partial charge in [-0.1, -0.05) is 13.3 Å². The van der Waals surface area contributed by atoms with Gasteiger partial charge in [0.25, 0.3) is 0 Å². The third-order valence-corrected chi connectivity index (χ3v) is 1.99. The molecular weight excluding hydrogens is 150 g/mol. The maximum absolute atomic E-state index is 3.40. The first-order chi connectivity index (χ1) is 5.85. The highest BCUT2D eigenvalue weighted by Crippen LogP contribution is 1.93. The molecule has 12 heavy (non-hydrogen) atoms. The first-order valence-corrected chi connectivity index (χ1v) is 4.87. The fourth-order valence-electron chi connectivity index (χ4n) is 1.19. The van der Waals surface area contributed by atoms with E-state index in [4.69, 9.17) is 0 Å². The molecule has 0 radical (unpaired) electrons. The van der Waals surface area contributed by atoms with Crippen molar-refractivity contribution in [2.75, 3.05) is 33.7 Å². The summed E-state index contributed by atoms with van der Waals surface area (Å²) in [6.45, 7) is 5.39. The number of hydrogen-bond donors (Lipinski definition) is 3. The van der Waals surface area contributed by atoms with Crippen LogP contribution >= 0.6 is 0 Å². The zero-order valence-corrected chi connectivity index (χ0v) is 8.61. The van der Waals surface area contributed by atoms with Gasteiger partial charge in [-0.3, -0.25) is 0 Å². The van der Waals surface area contributed by atoms with E-state index < -0.39 is 0 Å². The van der Waals surface area contributed by atoms with Crippen LogP contribution in [0.15, 0.2) is 0 Å². The first-order valence-electron chi connectivity index (χ1n) is 4.87. The standard InChI is InChI=1S/C9H23N3/c1-4-5-9(11-3)8-12-7-6-10-2/h9-12H,4-8H2,1-3H3. The van der Waals surface area contributed by atoms with E-state index in [9.17, 15) is 0 Å². The number of hydrogen-bond acceptors (Lipinski definition) is 3. The molecule has 0 saturated heterocycles. The molecule has 0 aliphatic carbocycles. The van der Waals surface area contributed by atoms with Crippen molar-refractivity contribution in [2.45, 2.75) is 25.8 Å². The summed E-state index contributed by atoms with van der Waals surface area (Å²) < 4.78 is 0. The summed E-state index contributed by atoms with van der Waals surface area (Å²) in [7, 11) is 4.00. The number of nitrogens with one attached hydrogen (secondary N) is 3. The molecule has 0 aromatic carbocycles. The molecular formula is C9H23N3. The second kappa shape index (κ2) is 8.97. The van der Waals surface area contributed by atoms with Gasteiger partial charge in [-0.2, -0.15) is 0 Å². The summed E-state index contributed by atoms with van der Waals surface area (Å²) in [5.41, 5.74) is 0. The summed E-state index contributed by atoms with van der Waals surface area (Å²) in [6.07, 6.45) is 2.50. The smallest absolute Gasteiger partial charge is 0.0189 e. The Bertz CT molecular complexity index is 85.8. The van der Waals surface area contributed by atoms with Crippen molar-refractivity contribution in [1.82, 2.24) is 16.0 Å². The van der Waals surface area contributed by atoms with Crippen LogP contribution in [0.4, 0.5) is 0 Å². The van der Waals surface area contributed by atoms with Crippen LogP contribution < -0.4 is 16.0 Å². The highest BCUT2D eigenvalue weighted by Gasteiger charge is 2.01. The first kappa shape index (κ1) is 11.9. The van der Waals surface area contributed by atoms with Gasteiger partial charge in [-0.25, -0.2) is 0 Å². The van der Waals surface area contributed by atoms with Crippen molar-refractivity contribution < 1.29 is 0 Å². The van der Waals surface area contributed by atoms with Crippen molar-refractivity contribution in [3.8, 4) is 0 Å². The molecule has 0 aromatic rings. The van der Waals surface area contributed by atoms with Gasteiger partial charge in [-0.15, -0.1) is 0 Å². The Morgan fingerprint density at radius 2 is 1.92 bits per heavy atom. The van der Waals surface area contributed by atoms with E-state index in [0.717, 1.165) is 19.6 Å². The highest BCUT2D eigenvalue weighted by molar-refractivity contribution is 4.66. The van der Waals surface area contributed by atoms with E-state index in [1.54, 1.807) is 0 Å². The van der Waals surface area contributed by atoms with Crippen LogP contribution in [0.5, 0.6) is 0 Å². The molecule has 0 amide bonds. The van der Waals surface area contributed by atoms with Crippen molar-refractivity contribution >= 4 is 0 Å². The highest BCUT2D eigenvalue weighted by atomic mass is 15.0. The molecule has 0 fully saturated rings. The van der Waals surface area contributed by atoms with Crippen LogP contribution in [0.25, 0.3) is 0 Å². The summed E-state index contributed by atoms with van der Waals surface area (Å²) in [6, 6.07) is 0.631. The van der Waals surface area contributed by atoms with E-state index in [0.29, 0.717) is 6.04 Å². The molecule has 0 heterocycles. The molecule has 0 saturated carbocycles. The Labute approximate surface area is 76.3 Å². The Morgan fingerprint density at radius 3 is 2.42 bits per heavy atom. The lowest BCUT2D eigenvalue weighted by Crippen LogP contribution is -2.38. The van der Waals surface area contributed by atoms with Crippen LogP contribution in [-0.2, 0) is 0 Å². The molecule has 3 heteroatoms. The lowest BCUT2D eigenvalue weighted by molar-refractivity contribution is 0.474. The summed E-state index contributed by atoms with van der Waals surface area (Å²) in [5.74, 6) is 0.